The van der Waals surface area contributed by atoms with Crippen LogP contribution in [-0.4, -0.2) is 11.8 Å². The van der Waals surface area contributed by atoms with E-state index in [1.54, 1.807) is 6.07 Å². The van der Waals surface area contributed by atoms with Crippen LogP contribution in [0.15, 0.2) is 42.5 Å². The van der Waals surface area contributed by atoms with Gasteiger partial charge in [-0.15, -0.1) is 0 Å². The number of aliphatic hydroxyl groups is 1. The molecule has 0 unspecified atom stereocenters. The fraction of sp³-hybridized carbons (Fsp3) is 0.143. The number of halogens is 1. The van der Waals surface area contributed by atoms with Crippen molar-refractivity contribution in [2.45, 2.75) is 6.92 Å². The van der Waals surface area contributed by atoms with Gasteiger partial charge in [0.15, 0.2) is 0 Å². The van der Waals surface area contributed by atoms with E-state index in [9.17, 15) is 0 Å². The zero-order chi connectivity index (χ0) is 13.0. The van der Waals surface area contributed by atoms with Crippen LogP contribution in [0.3, 0.4) is 0 Å². The van der Waals surface area contributed by atoms with Gasteiger partial charge in [0.25, 0.3) is 0 Å². The quantitative estimate of drug-likeness (QED) is 0.735. The van der Waals surface area contributed by atoms with Crippen LogP contribution in [0.5, 0.6) is 0 Å². The number of aliphatic hydroxyl groups excluding tert-OH is 1. The van der Waals surface area contributed by atoms with Gasteiger partial charge in [-0.1, -0.05) is 29.8 Å². The van der Waals surface area contributed by atoms with Gasteiger partial charge < -0.3 is 15.7 Å². The number of aryl methyl sites for hydroxylation is 1. The lowest BCUT2D eigenvalue weighted by atomic mass is 10.2. The molecular weight excluding hydrogens is 248 g/mol. The normalized spacial score (nSPS) is 10.2. The maximum absolute atomic E-state index is 8.97. The van der Waals surface area contributed by atoms with E-state index >= 15 is 0 Å². The monoisotopic (exact) mass is 262 g/mol. The number of anilines is 3. The minimum atomic E-state index is -0.136. The molecule has 2 rings (SSSR count). The number of para-hydroxylation sites is 1. The van der Waals surface area contributed by atoms with Crippen LogP contribution in [0.2, 0.25) is 5.02 Å². The van der Waals surface area contributed by atoms with Crippen LogP contribution in [0, 0.1) is 6.92 Å². The third-order valence-electron chi connectivity index (χ3n) is 2.67. The van der Waals surface area contributed by atoms with Crippen molar-refractivity contribution in [2.75, 3.05) is 17.4 Å². The Morgan fingerprint density at radius 2 is 1.83 bits per heavy atom. The van der Waals surface area contributed by atoms with Gasteiger partial charge in [-0.2, -0.15) is 0 Å². The van der Waals surface area contributed by atoms with Crippen LogP contribution in [0.25, 0.3) is 0 Å². The summed E-state index contributed by atoms with van der Waals surface area (Å²) in [6, 6.07) is 13.5. The summed E-state index contributed by atoms with van der Waals surface area (Å²) in [4.78, 5) is 0. The summed E-state index contributed by atoms with van der Waals surface area (Å²) in [6.45, 7) is 1.90. The third kappa shape index (κ3) is 2.94. The summed E-state index contributed by atoms with van der Waals surface area (Å²) in [7, 11) is 0. The Morgan fingerprint density at radius 1 is 1.06 bits per heavy atom. The van der Waals surface area contributed by atoms with Gasteiger partial charge in [-0.3, -0.25) is 0 Å². The number of hydrogen-bond acceptors (Lipinski definition) is 3. The van der Waals surface area contributed by atoms with E-state index in [1.165, 1.54) is 0 Å². The van der Waals surface area contributed by atoms with E-state index in [2.05, 4.69) is 10.6 Å². The molecule has 3 nitrogen and oxygen atoms in total. The van der Waals surface area contributed by atoms with E-state index in [-0.39, 0.29) is 6.73 Å². The van der Waals surface area contributed by atoms with Crippen LogP contribution < -0.4 is 10.6 Å². The highest BCUT2D eigenvalue weighted by Crippen LogP contribution is 2.29. The first-order valence-corrected chi connectivity index (χ1v) is 6.05. The molecule has 0 atom stereocenters. The molecule has 0 fully saturated rings. The zero-order valence-corrected chi connectivity index (χ0v) is 10.8. The summed E-state index contributed by atoms with van der Waals surface area (Å²) >= 11 is 5.94. The van der Waals surface area contributed by atoms with Crippen LogP contribution >= 0.6 is 11.6 Å². The number of nitrogens with one attached hydrogen (secondary N) is 2. The predicted molar refractivity (Wildman–Crippen MR) is 76.6 cm³/mol. The topological polar surface area (TPSA) is 44.3 Å². The van der Waals surface area contributed by atoms with Crippen LogP contribution in [-0.2, 0) is 0 Å². The summed E-state index contributed by atoms with van der Waals surface area (Å²) in [5.41, 5.74) is 3.83. The summed E-state index contributed by atoms with van der Waals surface area (Å²) in [5, 5.41) is 15.8. The molecule has 0 aromatic heterocycles. The summed E-state index contributed by atoms with van der Waals surface area (Å²) < 4.78 is 0. The molecule has 2 aromatic carbocycles. The molecule has 3 N–H and O–H groups in total. The molecule has 94 valence electrons. The van der Waals surface area contributed by atoms with E-state index in [4.69, 9.17) is 16.7 Å². The molecule has 0 radical (unpaired) electrons. The SMILES string of the molecule is Cc1ccccc1Nc1ccc(Cl)cc1NCO. The molecule has 0 aliphatic rings. The Morgan fingerprint density at radius 3 is 2.56 bits per heavy atom. The second kappa shape index (κ2) is 5.76. The van der Waals surface area contributed by atoms with Gasteiger partial charge in [0.05, 0.1) is 11.4 Å². The van der Waals surface area contributed by atoms with Gasteiger partial charge in [0.2, 0.25) is 0 Å². The van der Waals surface area contributed by atoms with E-state index in [0.29, 0.717) is 5.02 Å². The molecule has 0 amide bonds. The van der Waals surface area contributed by atoms with Crippen molar-refractivity contribution >= 4 is 28.7 Å². The Bertz CT molecular complexity index is 543. The Labute approximate surface area is 111 Å². The fourth-order valence-electron chi connectivity index (χ4n) is 1.72. The second-order valence-electron chi connectivity index (χ2n) is 3.96. The van der Waals surface area contributed by atoms with Crippen molar-refractivity contribution in [2.24, 2.45) is 0 Å². The average Bonchev–Trinajstić information content (AvgIpc) is 2.35. The molecule has 0 heterocycles. The Balaban J connectivity index is 2.31. The molecule has 0 aliphatic carbocycles. The summed E-state index contributed by atoms with van der Waals surface area (Å²) in [5.74, 6) is 0. The molecule has 2 aromatic rings. The molecule has 18 heavy (non-hydrogen) atoms. The number of benzene rings is 2. The van der Waals surface area contributed by atoms with Crippen LogP contribution in [0.4, 0.5) is 17.1 Å². The van der Waals surface area contributed by atoms with Gasteiger partial charge in [0.1, 0.15) is 6.73 Å². The lowest BCUT2D eigenvalue weighted by Crippen LogP contribution is -2.03. The van der Waals surface area contributed by atoms with Crippen molar-refractivity contribution in [3.63, 3.8) is 0 Å². The van der Waals surface area contributed by atoms with E-state index in [1.807, 2.05) is 43.3 Å². The van der Waals surface area contributed by atoms with E-state index in [0.717, 1.165) is 22.6 Å². The molecule has 0 spiro atoms. The predicted octanol–water partition coefficient (Wildman–Crippen LogP) is 3.75. The van der Waals surface area contributed by atoms with Gasteiger partial charge in [0, 0.05) is 10.7 Å². The third-order valence-corrected chi connectivity index (χ3v) is 2.90. The Hall–Kier alpha value is -1.71. The van der Waals surface area contributed by atoms with Crippen molar-refractivity contribution in [3.05, 3.63) is 53.1 Å². The zero-order valence-electron chi connectivity index (χ0n) is 10.1. The fourth-order valence-corrected chi connectivity index (χ4v) is 1.89. The molecule has 0 saturated carbocycles. The van der Waals surface area contributed by atoms with Gasteiger partial charge in [-0.05, 0) is 36.8 Å². The van der Waals surface area contributed by atoms with Crippen LogP contribution in [0.1, 0.15) is 5.56 Å². The largest absolute Gasteiger partial charge is 0.377 e. The Kier molecular flexibility index (Phi) is 4.07. The van der Waals surface area contributed by atoms with Crippen molar-refractivity contribution in [1.82, 2.24) is 0 Å². The first-order valence-electron chi connectivity index (χ1n) is 5.67. The highest BCUT2D eigenvalue weighted by molar-refractivity contribution is 6.31. The first kappa shape index (κ1) is 12.7. The standard InChI is InChI=1S/C14H15ClN2O/c1-10-4-2-3-5-12(10)17-13-7-6-11(15)8-14(13)16-9-18/h2-8,16-18H,9H2,1H3. The first-order chi connectivity index (χ1) is 8.70. The van der Waals surface area contributed by atoms with Gasteiger partial charge >= 0.3 is 0 Å². The molecule has 0 saturated heterocycles. The number of hydrogen-bond donors (Lipinski definition) is 3. The highest BCUT2D eigenvalue weighted by atomic mass is 35.5. The molecule has 4 heteroatoms. The second-order valence-corrected chi connectivity index (χ2v) is 4.40. The minimum absolute atomic E-state index is 0.136. The smallest absolute Gasteiger partial charge is 0.113 e. The lowest BCUT2D eigenvalue weighted by molar-refractivity contribution is 0.326. The molecule has 0 aliphatic heterocycles. The number of rotatable bonds is 4. The molecular formula is C14H15ClN2O. The average molecular weight is 263 g/mol. The van der Waals surface area contributed by atoms with E-state index < -0.39 is 0 Å². The summed E-state index contributed by atoms with van der Waals surface area (Å²) in [6.07, 6.45) is 0. The molecule has 0 bridgehead atoms. The lowest BCUT2D eigenvalue weighted by Gasteiger charge is -2.14. The van der Waals surface area contributed by atoms with Crippen molar-refractivity contribution < 1.29 is 5.11 Å². The van der Waals surface area contributed by atoms with Gasteiger partial charge in [-0.25, -0.2) is 0 Å². The maximum Gasteiger partial charge on any atom is 0.113 e. The van der Waals surface area contributed by atoms with Crippen molar-refractivity contribution in [1.29, 1.82) is 0 Å². The van der Waals surface area contributed by atoms with Crippen molar-refractivity contribution in [3.8, 4) is 0 Å². The highest BCUT2D eigenvalue weighted by Gasteiger charge is 2.04. The minimum Gasteiger partial charge on any atom is -0.377 e. The maximum atomic E-state index is 8.97.